The third-order valence-corrected chi connectivity index (χ3v) is 8.02. The molecule has 0 unspecified atom stereocenters. The molecule has 0 spiro atoms. The second kappa shape index (κ2) is 11.1. The van der Waals surface area contributed by atoms with Gasteiger partial charge < -0.3 is 10.6 Å². The van der Waals surface area contributed by atoms with Crippen LogP contribution < -0.4 is 15.4 Å². The van der Waals surface area contributed by atoms with Gasteiger partial charge in [-0.2, -0.15) is 13.2 Å². The average molecular weight is 543 g/mol. The largest absolute Gasteiger partial charge is 0.416 e. The number of amides is 1. The minimum absolute atomic E-state index is 0.0151. The van der Waals surface area contributed by atoms with Crippen molar-refractivity contribution in [2.24, 2.45) is 5.92 Å². The van der Waals surface area contributed by atoms with Gasteiger partial charge in [-0.25, -0.2) is 23.1 Å². The first kappa shape index (κ1) is 27.5. The number of aromatic nitrogens is 2. The molecule has 9 nitrogen and oxygen atoms in total. The lowest BCUT2D eigenvalue weighted by molar-refractivity contribution is -0.137. The average Bonchev–Trinajstić information content (AvgIpc) is 2.82. The number of carbonyl (C=O) groups excluding carboxylic acids is 1. The fourth-order valence-corrected chi connectivity index (χ4v) is 6.28. The summed E-state index contributed by atoms with van der Waals surface area (Å²) in [6, 6.07) is 3.64. The van der Waals surface area contributed by atoms with Gasteiger partial charge in [-0.3, -0.25) is 9.69 Å². The second-order valence-corrected chi connectivity index (χ2v) is 11.8. The van der Waals surface area contributed by atoms with E-state index in [0.717, 1.165) is 57.3 Å². The van der Waals surface area contributed by atoms with Crippen molar-refractivity contribution in [3.05, 3.63) is 30.1 Å². The number of hydrogen-bond donors (Lipinski definition) is 3. The maximum Gasteiger partial charge on any atom is 0.416 e. The SMILES string of the molecule is CC[C@H](NS(C)(=O)=O)[C@H]1CC[C@H](N2CC(NC(=O)CNc3ncnc4ccc(C(F)(F)F)cc34)C2)CC1. The van der Waals surface area contributed by atoms with Crippen LogP contribution in [0.4, 0.5) is 19.0 Å². The normalized spacial score (nSPS) is 22.4. The number of nitrogens with one attached hydrogen (secondary N) is 3. The van der Waals surface area contributed by atoms with Crippen LogP contribution >= 0.6 is 0 Å². The van der Waals surface area contributed by atoms with Crippen molar-refractivity contribution in [3.63, 3.8) is 0 Å². The highest BCUT2D eigenvalue weighted by molar-refractivity contribution is 7.88. The molecule has 1 saturated heterocycles. The van der Waals surface area contributed by atoms with Gasteiger partial charge >= 0.3 is 6.18 Å². The Balaban J connectivity index is 1.22. The van der Waals surface area contributed by atoms with Gasteiger partial charge in [0.1, 0.15) is 12.1 Å². The summed E-state index contributed by atoms with van der Waals surface area (Å²) < 4.78 is 65.3. The summed E-state index contributed by atoms with van der Waals surface area (Å²) in [6.45, 7) is 3.37. The molecular formula is C24H33F3N6O3S. The minimum Gasteiger partial charge on any atom is -0.360 e. The number of alkyl halides is 3. The number of likely N-dealkylation sites (tertiary alicyclic amines) is 1. The van der Waals surface area contributed by atoms with Gasteiger partial charge in [-0.05, 0) is 56.2 Å². The van der Waals surface area contributed by atoms with Crippen LogP contribution in [-0.4, -0.2) is 73.2 Å². The molecule has 1 aromatic heterocycles. The third kappa shape index (κ3) is 7.08. The first-order valence-corrected chi connectivity index (χ1v) is 14.4. The number of hydrogen-bond acceptors (Lipinski definition) is 7. The molecule has 1 aromatic carbocycles. The Bertz CT molecular complexity index is 1210. The second-order valence-electron chi connectivity index (χ2n) is 10.00. The number of rotatable bonds is 9. The lowest BCUT2D eigenvalue weighted by Gasteiger charge is -2.47. The standard InChI is InChI=1S/C24H33F3N6O3S/c1-3-20(32-37(2,35)36)15-4-7-18(8-5-15)33-12-17(13-33)31-22(34)11-28-23-19-10-16(24(25,26)27)6-9-21(19)29-14-30-23/h6,9-10,14-15,17-18,20,32H,3-5,7-8,11-13H2,1-2H3,(H,31,34)(H,28,29,30)/t15-,18-,20-/m0/s1. The van der Waals surface area contributed by atoms with Gasteiger partial charge in [0, 0.05) is 30.6 Å². The van der Waals surface area contributed by atoms with Crippen LogP contribution in [0, 0.1) is 5.92 Å². The van der Waals surface area contributed by atoms with Crippen molar-refractivity contribution < 1.29 is 26.4 Å². The molecule has 0 bridgehead atoms. The van der Waals surface area contributed by atoms with Crippen LogP contribution in [0.2, 0.25) is 0 Å². The summed E-state index contributed by atoms with van der Waals surface area (Å²) in [4.78, 5) is 22.8. The van der Waals surface area contributed by atoms with Crippen molar-refractivity contribution in [3.8, 4) is 0 Å². The zero-order valence-corrected chi connectivity index (χ0v) is 21.7. The molecule has 204 valence electrons. The Morgan fingerprint density at radius 2 is 1.86 bits per heavy atom. The lowest BCUT2D eigenvalue weighted by atomic mass is 9.79. The summed E-state index contributed by atoms with van der Waals surface area (Å²) >= 11 is 0. The molecule has 1 amide bonds. The third-order valence-electron chi connectivity index (χ3n) is 7.29. The Hall–Kier alpha value is -2.51. The molecule has 3 N–H and O–H groups in total. The molecule has 1 atom stereocenters. The molecule has 4 rings (SSSR count). The maximum absolute atomic E-state index is 13.1. The first-order valence-electron chi connectivity index (χ1n) is 12.5. The van der Waals surface area contributed by atoms with Crippen LogP contribution in [0.5, 0.6) is 0 Å². The lowest BCUT2D eigenvalue weighted by Crippen LogP contribution is -2.63. The zero-order chi connectivity index (χ0) is 26.8. The van der Waals surface area contributed by atoms with Crippen LogP contribution in [0.15, 0.2) is 24.5 Å². The number of nitrogens with zero attached hydrogens (tertiary/aromatic N) is 3. The van der Waals surface area contributed by atoms with Crippen molar-refractivity contribution in [2.75, 3.05) is 31.2 Å². The van der Waals surface area contributed by atoms with E-state index in [9.17, 15) is 26.4 Å². The summed E-state index contributed by atoms with van der Waals surface area (Å²) in [6.07, 6.45) is 2.64. The number of anilines is 1. The van der Waals surface area contributed by atoms with E-state index in [4.69, 9.17) is 0 Å². The summed E-state index contributed by atoms with van der Waals surface area (Å²) in [5.41, 5.74) is -0.449. The molecule has 2 heterocycles. The number of fused-ring (bicyclic) bond motifs is 1. The molecule has 2 fully saturated rings. The van der Waals surface area contributed by atoms with Gasteiger partial charge in [0.25, 0.3) is 0 Å². The monoisotopic (exact) mass is 542 g/mol. The Morgan fingerprint density at radius 1 is 1.16 bits per heavy atom. The fourth-order valence-electron chi connectivity index (χ4n) is 5.38. The van der Waals surface area contributed by atoms with Crippen molar-refractivity contribution >= 4 is 32.7 Å². The molecule has 37 heavy (non-hydrogen) atoms. The highest BCUT2D eigenvalue weighted by atomic mass is 32.2. The Labute approximate surface area is 214 Å². The number of halogens is 3. The quantitative estimate of drug-likeness (QED) is 0.446. The predicted octanol–water partition coefficient (Wildman–Crippen LogP) is 2.75. The van der Waals surface area contributed by atoms with E-state index in [-0.39, 0.29) is 35.7 Å². The highest BCUT2D eigenvalue weighted by Crippen LogP contribution is 2.34. The fraction of sp³-hybridized carbons (Fsp3) is 0.625. The van der Waals surface area contributed by atoms with Crippen LogP contribution in [0.25, 0.3) is 10.9 Å². The summed E-state index contributed by atoms with van der Waals surface area (Å²) in [5.74, 6) is 0.252. The molecule has 1 saturated carbocycles. The molecule has 1 aliphatic heterocycles. The predicted molar refractivity (Wildman–Crippen MR) is 134 cm³/mol. The van der Waals surface area contributed by atoms with Crippen LogP contribution in [0.1, 0.15) is 44.6 Å². The minimum atomic E-state index is -4.49. The van der Waals surface area contributed by atoms with Gasteiger partial charge in [0.15, 0.2) is 0 Å². The molecule has 1 aliphatic carbocycles. The van der Waals surface area contributed by atoms with Gasteiger partial charge in [0.05, 0.1) is 29.9 Å². The van der Waals surface area contributed by atoms with E-state index in [1.54, 1.807) is 0 Å². The van der Waals surface area contributed by atoms with E-state index >= 15 is 0 Å². The maximum atomic E-state index is 13.1. The first-order chi connectivity index (χ1) is 17.4. The van der Waals surface area contributed by atoms with Gasteiger partial charge in [-0.15, -0.1) is 0 Å². The molecule has 0 radical (unpaired) electrons. The van der Waals surface area contributed by atoms with Crippen molar-refractivity contribution in [1.82, 2.24) is 24.9 Å². The molecule has 13 heteroatoms. The Morgan fingerprint density at radius 3 is 2.49 bits per heavy atom. The van der Waals surface area contributed by atoms with Gasteiger partial charge in [-0.1, -0.05) is 6.92 Å². The van der Waals surface area contributed by atoms with E-state index < -0.39 is 21.8 Å². The van der Waals surface area contributed by atoms with E-state index in [1.807, 2.05) is 6.92 Å². The molecule has 2 aromatic rings. The van der Waals surface area contributed by atoms with Crippen molar-refractivity contribution in [1.29, 1.82) is 0 Å². The topological polar surface area (TPSA) is 116 Å². The smallest absolute Gasteiger partial charge is 0.360 e. The molecule has 2 aliphatic rings. The number of carbonyl (C=O) groups is 1. The van der Waals surface area contributed by atoms with E-state index in [1.165, 1.54) is 18.6 Å². The summed E-state index contributed by atoms with van der Waals surface area (Å²) in [7, 11) is -3.23. The highest BCUT2D eigenvalue weighted by Gasteiger charge is 2.37. The van der Waals surface area contributed by atoms with E-state index in [2.05, 4.69) is 30.2 Å². The number of sulfonamides is 1. The van der Waals surface area contributed by atoms with Crippen LogP contribution in [0.3, 0.4) is 0 Å². The number of benzene rings is 1. The zero-order valence-electron chi connectivity index (χ0n) is 20.9. The summed E-state index contributed by atoms with van der Waals surface area (Å²) in [5, 5.41) is 6.00. The van der Waals surface area contributed by atoms with Gasteiger partial charge in [0.2, 0.25) is 15.9 Å². The molecular weight excluding hydrogens is 509 g/mol. The van der Waals surface area contributed by atoms with E-state index in [0.29, 0.717) is 17.5 Å². The van der Waals surface area contributed by atoms with Crippen molar-refractivity contribution in [2.45, 2.75) is 63.3 Å². The Kier molecular flexibility index (Phi) is 8.24. The van der Waals surface area contributed by atoms with Crippen LogP contribution in [-0.2, 0) is 21.0 Å².